The molecule has 0 saturated carbocycles. The molecular formula is C29H26N2O5. The molecule has 1 aliphatic carbocycles. The summed E-state index contributed by atoms with van der Waals surface area (Å²) in [5.41, 5.74) is 6.12. The van der Waals surface area contributed by atoms with E-state index in [-0.39, 0.29) is 0 Å². The molecule has 1 aliphatic rings. The SMILES string of the molecule is CC(OC(=O)Nc1cnoc1-c1ccc(-c2ccc3c(c2)CCCC3C(=O)O)cc1)c1ccccc1. The molecular weight excluding hydrogens is 456 g/mol. The quantitative estimate of drug-likeness (QED) is 0.313. The van der Waals surface area contributed by atoms with E-state index in [4.69, 9.17) is 9.26 Å². The summed E-state index contributed by atoms with van der Waals surface area (Å²) in [5.74, 6) is -0.756. The molecule has 0 bridgehead atoms. The monoisotopic (exact) mass is 482 g/mol. The molecule has 2 N–H and O–H groups in total. The maximum absolute atomic E-state index is 12.5. The van der Waals surface area contributed by atoms with Gasteiger partial charge in [-0.2, -0.15) is 0 Å². The van der Waals surface area contributed by atoms with Crippen molar-refractivity contribution in [1.29, 1.82) is 0 Å². The molecule has 182 valence electrons. The van der Waals surface area contributed by atoms with Crippen LogP contribution >= 0.6 is 0 Å². The number of anilines is 1. The van der Waals surface area contributed by atoms with Crippen molar-refractivity contribution >= 4 is 17.7 Å². The van der Waals surface area contributed by atoms with Gasteiger partial charge in [-0.3, -0.25) is 10.1 Å². The van der Waals surface area contributed by atoms with Gasteiger partial charge < -0.3 is 14.4 Å². The first-order chi connectivity index (χ1) is 17.5. The van der Waals surface area contributed by atoms with Gasteiger partial charge in [0.1, 0.15) is 11.8 Å². The minimum atomic E-state index is -0.761. The van der Waals surface area contributed by atoms with Crippen molar-refractivity contribution in [3.8, 4) is 22.5 Å². The zero-order chi connectivity index (χ0) is 25.1. The number of nitrogens with zero attached hydrogens (tertiary/aromatic N) is 1. The van der Waals surface area contributed by atoms with Crippen LogP contribution in [0.3, 0.4) is 0 Å². The largest absolute Gasteiger partial charge is 0.481 e. The van der Waals surface area contributed by atoms with Crippen molar-refractivity contribution in [2.75, 3.05) is 5.32 Å². The van der Waals surface area contributed by atoms with Gasteiger partial charge in [-0.25, -0.2) is 4.79 Å². The Morgan fingerprint density at radius 3 is 2.50 bits per heavy atom. The molecule has 1 amide bonds. The summed E-state index contributed by atoms with van der Waals surface area (Å²) in [6.45, 7) is 1.81. The molecule has 2 unspecified atom stereocenters. The molecule has 3 aromatic carbocycles. The first-order valence-electron chi connectivity index (χ1n) is 11.9. The molecule has 0 spiro atoms. The minimum absolute atomic E-state index is 0.406. The molecule has 5 rings (SSSR count). The number of ether oxygens (including phenoxy) is 1. The molecule has 7 heteroatoms. The molecule has 0 radical (unpaired) electrons. The molecule has 36 heavy (non-hydrogen) atoms. The Morgan fingerprint density at radius 1 is 1.03 bits per heavy atom. The molecule has 4 aromatic rings. The Hall–Kier alpha value is -4.39. The van der Waals surface area contributed by atoms with E-state index in [2.05, 4.69) is 16.5 Å². The standard InChI is InChI=1S/C29H26N2O5/c1-18(19-6-3-2-4-7-19)35-29(34)31-26-17-30-36-27(26)21-12-10-20(11-13-21)22-14-15-24-23(16-22)8-5-9-25(24)28(32)33/h2-4,6-7,10-18,25H,5,8-9H2,1H3,(H,31,34)(H,32,33). The Labute approximate surface area is 208 Å². The fourth-order valence-electron chi connectivity index (χ4n) is 4.69. The van der Waals surface area contributed by atoms with Crippen LogP contribution in [0.2, 0.25) is 0 Å². The number of nitrogens with one attached hydrogen (secondary N) is 1. The van der Waals surface area contributed by atoms with Crippen LogP contribution in [0.15, 0.2) is 83.5 Å². The Bertz CT molecular complexity index is 1380. The lowest BCUT2D eigenvalue weighted by atomic mass is 9.81. The van der Waals surface area contributed by atoms with Crippen molar-refractivity contribution in [2.45, 2.75) is 38.2 Å². The summed E-state index contributed by atoms with van der Waals surface area (Å²) in [6.07, 6.45) is 2.89. The van der Waals surface area contributed by atoms with Gasteiger partial charge in [-0.1, -0.05) is 78.0 Å². The van der Waals surface area contributed by atoms with E-state index in [0.717, 1.165) is 46.2 Å². The maximum Gasteiger partial charge on any atom is 0.412 e. The number of carbonyl (C=O) groups is 2. The summed E-state index contributed by atoms with van der Waals surface area (Å²) in [6, 6.07) is 23.2. The predicted octanol–water partition coefficient (Wildman–Crippen LogP) is 6.82. The van der Waals surface area contributed by atoms with Gasteiger partial charge in [-0.15, -0.1) is 0 Å². The lowest BCUT2D eigenvalue weighted by Crippen LogP contribution is -2.17. The predicted molar refractivity (Wildman–Crippen MR) is 136 cm³/mol. The molecule has 7 nitrogen and oxygen atoms in total. The third kappa shape index (κ3) is 4.86. The van der Waals surface area contributed by atoms with E-state index in [0.29, 0.717) is 17.9 Å². The smallest absolute Gasteiger partial charge is 0.412 e. The number of carboxylic acid groups (broad SMARTS) is 1. The van der Waals surface area contributed by atoms with Gasteiger partial charge in [0.25, 0.3) is 0 Å². The van der Waals surface area contributed by atoms with E-state index in [1.165, 1.54) is 6.20 Å². The first-order valence-corrected chi connectivity index (χ1v) is 11.9. The molecule has 2 atom stereocenters. The summed E-state index contributed by atoms with van der Waals surface area (Å²) in [4.78, 5) is 24.0. The number of hydrogen-bond acceptors (Lipinski definition) is 5. The van der Waals surface area contributed by atoms with Gasteiger partial charge in [0, 0.05) is 5.56 Å². The molecule has 0 saturated heterocycles. The third-order valence-corrected chi connectivity index (χ3v) is 6.60. The van der Waals surface area contributed by atoms with Crippen molar-refractivity contribution in [3.05, 3.63) is 95.7 Å². The topological polar surface area (TPSA) is 102 Å². The van der Waals surface area contributed by atoms with Crippen LogP contribution in [0.5, 0.6) is 0 Å². The minimum Gasteiger partial charge on any atom is -0.481 e. The van der Waals surface area contributed by atoms with Crippen LogP contribution in [-0.2, 0) is 16.0 Å². The highest BCUT2D eigenvalue weighted by Crippen LogP contribution is 2.35. The van der Waals surface area contributed by atoms with E-state index in [1.807, 2.05) is 73.7 Å². The van der Waals surface area contributed by atoms with Crippen LogP contribution in [0.25, 0.3) is 22.5 Å². The Balaban J connectivity index is 1.30. The van der Waals surface area contributed by atoms with Crippen LogP contribution in [0.1, 0.15) is 48.5 Å². The number of rotatable bonds is 6. The summed E-state index contributed by atoms with van der Waals surface area (Å²) >= 11 is 0. The number of benzene rings is 3. The number of aliphatic carboxylic acids is 1. The number of carbonyl (C=O) groups excluding carboxylic acids is 1. The molecule has 0 aliphatic heterocycles. The fourth-order valence-corrected chi connectivity index (χ4v) is 4.69. The average molecular weight is 483 g/mol. The number of hydrogen-bond donors (Lipinski definition) is 2. The van der Waals surface area contributed by atoms with E-state index < -0.39 is 24.1 Å². The van der Waals surface area contributed by atoms with Gasteiger partial charge in [0.05, 0.1) is 12.1 Å². The molecule has 1 aromatic heterocycles. The average Bonchev–Trinajstić information content (AvgIpc) is 3.36. The van der Waals surface area contributed by atoms with Crippen molar-refractivity contribution in [3.63, 3.8) is 0 Å². The highest BCUT2D eigenvalue weighted by atomic mass is 16.6. The van der Waals surface area contributed by atoms with Crippen molar-refractivity contribution in [1.82, 2.24) is 5.16 Å². The summed E-state index contributed by atoms with van der Waals surface area (Å²) in [7, 11) is 0. The fraction of sp³-hybridized carbons (Fsp3) is 0.207. The Morgan fingerprint density at radius 2 is 1.75 bits per heavy atom. The van der Waals surface area contributed by atoms with Crippen LogP contribution in [0.4, 0.5) is 10.5 Å². The lowest BCUT2D eigenvalue weighted by molar-refractivity contribution is -0.139. The second kappa shape index (κ2) is 10.1. The summed E-state index contributed by atoms with van der Waals surface area (Å²) < 4.78 is 10.9. The second-order valence-electron chi connectivity index (χ2n) is 8.93. The molecule has 1 heterocycles. The third-order valence-electron chi connectivity index (χ3n) is 6.60. The van der Waals surface area contributed by atoms with Crippen LogP contribution < -0.4 is 5.32 Å². The van der Waals surface area contributed by atoms with E-state index in [9.17, 15) is 14.7 Å². The first kappa shape index (κ1) is 23.4. The zero-order valence-corrected chi connectivity index (χ0v) is 19.8. The Kier molecular flexibility index (Phi) is 6.54. The molecule has 0 fully saturated rings. The normalized spacial score (nSPS) is 15.5. The van der Waals surface area contributed by atoms with Crippen molar-refractivity contribution < 1.29 is 24.0 Å². The zero-order valence-electron chi connectivity index (χ0n) is 19.8. The lowest BCUT2D eigenvalue weighted by Gasteiger charge is -2.23. The van der Waals surface area contributed by atoms with Crippen molar-refractivity contribution in [2.24, 2.45) is 0 Å². The van der Waals surface area contributed by atoms with Crippen LogP contribution in [0, 0.1) is 0 Å². The number of carboxylic acids is 1. The van der Waals surface area contributed by atoms with Gasteiger partial charge in [0.15, 0.2) is 5.76 Å². The second-order valence-corrected chi connectivity index (χ2v) is 8.93. The number of amides is 1. The van der Waals surface area contributed by atoms with Gasteiger partial charge >= 0.3 is 12.1 Å². The van der Waals surface area contributed by atoms with Gasteiger partial charge in [-0.05, 0) is 54.0 Å². The highest BCUT2D eigenvalue weighted by molar-refractivity contribution is 5.89. The maximum atomic E-state index is 12.5. The number of fused-ring (bicyclic) bond motifs is 1. The van der Waals surface area contributed by atoms with E-state index >= 15 is 0 Å². The number of aryl methyl sites for hydroxylation is 1. The van der Waals surface area contributed by atoms with Gasteiger partial charge in [0.2, 0.25) is 0 Å². The van der Waals surface area contributed by atoms with E-state index in [1.54, 1.807) is 0 Å². The van der Waals surface area contributed by atoms with Crippen LogP contribution in [-0.4, -0.2) is 22.3 Å². The highest BCUT2D eigenvalue weighted by Gasteiger charge is 2.26. The number of aromatic nitrogens is 1. The summed E-state index contributed by atoms with van der Waals surface area (Å²) in [5, 5.41) is 16.1.